The fourth-order valence-corrected chi connectivity index (χ4v) is 4.20. The number of fused-ring (bicyclic) bond motifs is 1. The summed E-state index contributed by atoms with van der Waals surface area (Å²) in [5, 5.41) is 27.6. The zero-order chi connectivity index (χ0) is 21.6. The minimum Gasteiger partial charge on any atom is -0.386 e. The molecule has 9 heteroatoms. The fraction of sp³-hybridized carbons (Fsp3) is 0.273. The van der Waals surface area contributed by atoms with Gasteiger partial charge < -0.3 is 10.0 Å². The minimum absolute atomic E-state index is 0.0981. The molecule has 1 fully saturated rings. The summed E-state index contributed by atoms with van der Waals surface area (Å²) >= 11 is 6.20. The first-order chi connectivity index (χ1) is 14.9. The van der Waals surface area contributed by atoms with Gasteiger partial charge in [-0.1, -0.05) is 28.9 Å². The molecule has 0 saturated carbocycles. The molecule has 1 aliphatic heterocycles. The maximum atomic E-state index is 12.9. The Labute approximate surface area is 183 Å². The van der Waals surface area contributed by atoms with E-state index in [0.29, 0.717) is 36.5 Å². The number of benzene rings is 2. The summed E-state index contributed by atoms with van der Waals surface area (Å²) < 4.78 is 1.70. The monoisotopic (exact) mass is 436 g/mol. The van der Waals surface area contributed by atoms with E-state index in [9.17, 15) is 9.90 Å². The van der Waals surface area contributed by atoms with Gasteiger partial charge in [0.15, 0.2) is 0 Å². The van der Waals surface area contributed by atoms with E-state index in [1.54, 1.807) is 21.8 Å². The SMILES string of the molecule is Cc1c(Cl)cccc1-n1cc(CCC2(O)CN(C(=O)c3cccc4[nH]ncc34)C2)nn1. The summed E-state index contributed by atoms with van der Waals surface area (Å²) in [7, 11) is 0. The molecule has 1 saturated heterocycles. The van der Waals surface area contributed by atoms with Gasteiger partial charge in [0, 0.05) is 10.4 Å². The molecule has 158 valence electrons. The van der Waals surface area contributed by atoms with Crippen LogP contribution in [-0.4, -0.2) is 59.8 Å². The van der Waals surface area contributed by atoms with Crippen LogP contribution in [0.25, 0.3) is 16.6 Å². The number of nitrogens with one attached hydrogen (secondary N) is 1. The van der Waals surface area contributed by atoms with E-state index in [2.05, 4.69) is 20.5 Å². The normalized spacial score (nSPS) is 15.3. The van der Waals surface area contributed by atoms with Gasteiger partial charge in [0.05, 0.1) is 47.9 Å². The largest absolute Gasteiger partial charge is 0.386 e. The molecular formula is C22H21ClN6O2. The molecule has 1 aliphatic rings. The van der Waals surface area contributed by atoms with E-state index in [1.165, 1.54) is 0 Å². The topological polar surface area (TPSA) is 99.9 Å². The van der Waals surface area contributed by atoms with Gasteiger partial charge >= 0.3 is 0 Å². The van der Waals surface area contributed by atoms with Crippen molar-refractivity contribution in [3.63, 3.8) is 0 Å². The van der Waals surface area contributed by atoms with Crippen molar-refractivity contribution in [2.45, 2.75) is 25.4 Å². The maximum Gasteiger partial charge on any atom is 0.254 e. The fourth-order valence-electron chi connectivity index (χ4n) is 4.03. The zero-order valence-corrected chi connectivity index (χ0v) is 17.7. The van der Waals surface area contributed by atoms with Gasteiger partial charge in [-0.2, -0.15) is 5.10 Å². The Bertz CT molecular complexity index is 1270. The Morgan fingerprint density at radius 1 is 1.26 bits per heavy atom. The molecule has 0 spiro atoms. The number of aryl methyl sites for hydroxylation is 1. The number of amides is 1. The van der Waals surface area contributed by atoms with Gasteiger partial charge in [0.25, 0.3) is 5.91 Å². The lowest BCUT2D eigenvalue weighted by Gasteiger charge is -2.46. The number of H-pyrrole nitrogens is 1. The lowest BCUT2D eigenvalue weighted by molar-refractivity contribution is -0.0854. The minimum atomic E-state index is -0.921. The highest BCUT2D eigenvalue weighted by Crippen LogP contribution is 2.29. The Morgan fingerprint density at radius 2 is 2.06 bits per heavy atom. The van der Waals surface area contributed by atoms with E-state index in [-0.39, 0.29) is 5.91 Å². The second kappa shape index (κ2) is 7.47. The molecule has 2 aromatic carbocycles. The molecule has 0 aliphatic carbocycles. The first-order valence-corrected chi connectivity index (χ1v) is 10.4. The molecule has 2 aromatic heterocycles. The number of likely N-dealkylation sites (tertiary alicyclic amines) is 1. The second-order valence-electron chi connectivity index (χ2n) is 8.06. The van der Waals surface area contributed by atoms with E-state index in [4.69, 9.17) is 11.6 Å². The van der Waals surface area contributed by atoms with Crippen LogP contribution in [-0.2, 0) is 6.42 Å². The zero-order valence-electron chi connectivity index (χ0n) is 16.9. The molecule has 0 unspecified atom stereocenters. The Balaban J connectivity index is 1.22. The van der Waals surface area contributed by atoms with Crippen molar-refractivity contribution < 1.29 is 9.90 Å². The number of hydrogen-bond acceptors (Lipinski definition) is 5. The number of carbonyl (C=O) groups is 1. The molecule has 2 N–H and O–H groups in total. The lowest BCUT2D eigenvalue weighted by atomic mass is 9.87. The number of halogens is 1. The van der Waals surface area contributed by atoms with Crippen molar-refractivity contribution in [3.05, 3.63) is 70.6 Å². The highest BCUT2D eigenvalue weighted by molar-refractivity contribution is 6.31. The molecule has 4 aromatic rings. The number of hydrogen-bond donors (Lipinski definition) is 2. The Morgan fingerprint density at radius 3 is 2.90 bits per heavy atom. The third-order valence-corrected chi connectivity index (χ3v) is 6.26. The van der Waals surface area contributed by atoms with Crippen molar-refractivity contribution in [2.24, 2.45) is 0 Å². The van der Waals surface area contributed by atoms with Crippen LogP contribution < -0.4 is 0 Å². The summed E-state index contributed by atoms with van der Waals surface area (Å²) in [6.45, 7) is 2.52. The van der Waals surface area contributed by atoms with Crippen LogP contribution in [0.1, 0.15) is 28.0 Å². The van der Waals surface area contributed by atoms with Gasteiger partial charge in [-0.25, -0.2) is 4.68 Å². The van der Waals surface area contributed by atoms with Gasteiger partial charge in [-0.05, 0) is 49.6 Å². The van der Waals surface area contributed by atoms with Crippen LogP contribution in [0.5, 0.6) is 0 Å². The van der Waals surface area contributed by atoms with Crippen LogP contribution in [0.15, 0.2) is 48.8 Å². The first kappa shape index (κ1) is 19.7. The molecular weight excluding hydrogens is 416 g/mol. The van der Waals surface area contributed by atoms with Crippen LogP contribution in [0.3, 0.4) is 0 Å². The molecule has 8 nitrogen and oxygen atoms in total. The second-order valence-corrected chi connectivity index (χ2v) is 8.47. The van der Waals surface area contributed by atoms with Gasteiger partial charge in [0.2, 0.25) is 0 Å². The van der Waals surface area contributed by atoms with Crippen molar-refractivity contribution in [1.82, 2.24) is 30.1 Å². The van der Waals surface area contributed by atoms with Gasteiger partial charge in [-0.15, -0.1) is 5.10 Å². The summed E-state index contributed by atoms with van der Waals surface area (Å²) in [6.07, 6.45) is 4.57. The van der Waals surface area contributed by atoms with Crippen LogP contribution >= 0.6 is 11.6 Å². The number of rotatable bonds is 5. The molecule has 5 rings (SSSR count). The summed E-state index contributed by atoms with van der Waals surface area (Å²) in [6, 6.07) is 11.1. The smallest absolute Gasteiger partial charge is 0.254 e. The number of nitrogens with zero attached hydrogens (tertiary/aromatic N) is 5. The average Bonchev–Trinajstić information content (AvgIpc) is 3.41. The predicted octanol–water partition coefficient (Wildman–Crippen LogP) is 2.93. The Hall–Kier alpha value is -3.23. The Kier molecular flexibility index (Phi) is 4.75. The maximum absolute atomic E-state index is 12.9. The highest BCUT2D eigenvalue weighted by Gasteiger charge is 2.43. The quantitative estimate of drug-likeness (QED) is 0.501. The number of aromatic amines is 1. The van der Waals surface area contributed by atoms with Crippen molar-refractivity contribution in [1.29, 1.82) is 0 Å². The number of β-amino-alcohol motifs (C(OH)–C–C–N with tert-alkyl or cyclic N) is 1. The molecule has 0 radical (unpaired) electrons. The summed E-state index contributed by atoms with van der Waals surface area (Å²) in [5.41, 5.74) is 3.07. The number of aliphatic hydroxyl groups is 1. The third-order valence-electron chi connectivity index (χ3n) is 5.85. The van der Waals surface area contributed by atoms with Gasteiger partial charge in [-0.3, -0.25) is 9.89 Å². The van der Waals surface area contributed by atoms with Gasteiger partial charge in [0.1, 0.15) is 5.60 Å². The molecule has 1 amide bonds. The van der Waals surface area contributed by atoms with E-state index < -0.39 is 5.60 Å². The standard InChI is InChI=1S/C22H21ClN6O2/c1-14-18(23)5-3-7-20(14)29-11-15(25-27-29)8-9-22(31)12-28(13-22)21(30)16-4-2-6-19-17(16)10-24-26-19/h2-7,10-11,31H,8-9,12-13H2,1H3,(H,24,26). The first-order valence-electron chi connectivity index (χ1n) is 10.0. The van der Waals surface area contributed by atoms with Crippen molar-refractivity contribution in [2.75, 3.05) is 13.1 Å². The summed E-state index contributed by atoms with van der Waals surface area (Å²) in [5.74, 6) is -0.0981. The predicted molar refractivity (Wildman–Crippen MR) is 116 cm³/mol. The lowest BCUT2D eigenvalue weighted by Crippen LogP contribution is -2.63. The van der Waals surface area contributed by atoms with Crippen molar-refractivity contribution >= 4 is 28.4 Å². The van der Waals surface area contributed by atoms with E-state index in [1.807, 2.05) is 43.5 Å². The van der Waals surface area contributed by atoms with Crippen molar-refractivity contribution in [3.8, 4) is 5.69 Å². The van der Waals surface area contributed by atoms with Crippen LogP contribution in [0.4, 0.5) is 0 Å². The molecule has 0 bridgehead atoms. The highest BCUT2D eigenvalue weighted by atomic mass is 35.5. The van der Waals surface area contributed by atoms with E-state index in [0.717, 1.165) is 27.8 Å². The van der Waals surface area contributed by atoms with Crippen LogP contribution in [0.2, 0.25) is 5.02 Å². The summed E-state index contributed by atoms with van der Waals surface area (Å²) in [4.78, 5) is 14.5. The van der Waals surface area contributed by atoms with E-state index >= 15 is 0 Å². The van der Waals surface area contributed by atoms with Crippen LogP contribution in [0, 0.1) is 6.92 Å². The molecule has 31 heavy (non-hydrogen) atoms. The third kappa shape index (κ3) is 3.58. The average molecular weight is 437 g/mol. The molecule has 0 atom stereocenters. The molecule has 3 heterocycles. The number of carbonyl (C=O) groups excluding carboxylic acids is 1. The number of aromatic nitrogens is 5.